The van der Waals surface area contributed by atoms with E-state index in [0.29, 0.717) is 16.3 Å². The zero-order chi connectivity index (χ0) is 14.0. The quantitative estimate of drug-likeness (QED) is 0.789. The lowest BCUT2D eigenvalue weighted by atomic mass is 10.1. The predicted octanol–water partition coefficient (Wildman–Crippen LogP) is 4.71. The molecule has 0 aliphatic heterocycles. The molecule has 1 heterocycles. The van der Waals surface area contributed by atoms with Gasteiger partial charge < -0.3 is 5.32 Å². The molecule has 6 heteroatoms. The van der Waals surface area contributed by atoms with Crippen LogP contribution in [0.1, 0.15) is 15.9 Å². The molecule has 0 spiro atoms. The molecular formula is C13H9BrCl2N2O. The maximum atomic E-state index is 12.2. The monoisotopic (exact) mass is 358 g/mol. The molecule has 1 N–H and O–H groups in total. The number of benzene rings is 1. The number of aryl methyl sites for hydroxylation is 1. The topological polar surface area (TPSA) is 42.0 Å². The summed E-state index contributed by atoms with van der Waals surface area (Å²) in [6, 6.07) is 6.77. The Morgan fingerprint density at radius 2 is 2.05 bits per heavy atom. The van der Waals surface area contributed by atoms with Crippen LogP contribution in [0.5, 0.6) is 0 Å². The average molecular weight is 360 g/mol. The van der Waals surface area contributed by atoms with Gasteiger partial charge in [0.15, 0.2) is 5.15 Å². The predicted molar refractivity (Wildman–Crippen MR) is 81.1 cm³/mol. The van der Waals surface area contributed by atoms with Crippen molar-refractivity contribution in [3.8, 4) is 0 Å². The second-order valence-corrected chi connectivity index (χ2v) is 5.62. The molecular weight excluding hydrogens is 351 g/mol. The molecule has 2 rings (SSSR count). The van der Waals surface area contributed by atoms with Gasteiger partial charge in [-0.3, -0.25) is 4.79 Å². The number of rotatable bonds is 2. The molecule has 0 atom stereocenters. The molecule has 0 unspecified atom stereocenters. The molecule has 3 nitrogen and oxygen atoms in total. The Morgan fingerprint density at radius 3 is 2.74 bits per heavy atom. The van der Waals surface area contributed by atoms with Crippen molar-refractivity contribution < 1.29 is 4.79 Å². The van der Waals surface area contributed by atoms with Gasteiger partial charge in [-0.05, 0) is 52.7 Å². The number of nitrogens with one attached hydrogen (secondary N) is 1. The van der Waals surface area contributed by atoms with Crippen LogP contribution in [-0.2, 0) is 0 Å². The Bertz CT molecular complexity index is 647. The summed E-state index contributed by atoms with van der Waals surface area (Å²) < 4.78 is 0.736. The van der Waals surface area contributed by atoms with E-state index >= 15 is 0 Å². The van der Waals surface area contributed by atoms with E-state index in [1.807, 2.05) is 6.92 Å². The molecule has 98 valence electrons. The third-order valence-corrected chi connectivity index (χ3v) is 3.46. The van der Waals surface area contributed by atoms with Crippen molar-refractivity contribution in [3.05, 3.63) is 56.2 Å². The molecule has 0 bridgehead atoms. The lowest BCUT2D eigenvalue weighted by Crippen LogP contribution is -2.14. The van der Waals surface area contributed by atoms with Crippen LogP contribution in [0.15, 0.2) is 34.9 Å². The van der Waals surface area contributed by atoms with Crippen LogP contribution < -0.4 is 5.32 Å². The molecule has 0 fully saturated rings. The number of amides is 1. The molecule has 0 aliphatic carbocycles. The highest BCUT2D eigenvalue weighted by atomic mass is 79.9. The molecule has 1 aromatic carbocycles. The van der Waals surface area contributed by atoms with Crippen LogP contribution in [-0.4, -0.2) is 10.9 Å². The molecule has 0 saturated heterocycles. The van der Waals surface area contributed by atoms with Gasteiger partial charge in [-0.15, -0.1) is 0 Å². The highest BCUT2D eigenvalue weighted by Crippen LogP contribution is 2.24. The molecule has 1 aromatic heterocycles. The first-order chi connectivity index (χ1) is 8.97. The van der Waals surface area contributed by atoms with E-state index in [9.17, 15) is 4.79 Å². The van der Waals surface area contributed by atoms with Crippen molar-refractivity contribution in [2.24, 2.45) is 0 Å². The highest BCUT2D eigenvalue weighted by Gasteiger charge is 2.12. The first-order valence-corrected chi connectivity index (χ1v) is 6.91. The summed E-state index contributed by atoms with van der Waals surface area (Å²) in [7, 11) is 0. The van der Waals surface area contributed by atoms with Crippen molar-refractivity contribution in [2.75, 3.05) is 5.32 Å². The van der Waals surface area contributed by atoms with Crippen LogP contribution >= 0.6 is 39.1 Å². The fraction of sp³-hybridized carbons (Fsp3) is 0.0769. The molecule has 1 amide bonds. The fourth-order valence-corrected chi connectivity index (χ4v) is 2.29. The minimum atomic E-state index is -0.254. The second kappa shape index (κ2) is 5.90. The van der Waals surface area contributed by atoms with Gasteiger partial charge in [0.2, 0.25) is 0 Å². The van der Waals surface area contributed by atoms with Gasteiger partial charge in [-0.1, -0.05) is 23.2 Å². The number of carbonyl (C=O) groups excluding carboxylic acids is 1. The number of carbonyl (C=O) groups is 1. The van der Waals surface area contributed by atoms with Crippen molar-refractivity contribution >= 4 is 50.7 Å². The Hall–Kier alpha value is -1.10. The summed E-state index contributed by atoms with van der Waals surface area (Å²) in [6.45, 7) is 1.82. The number of anilines is 1. The zero-order valence-corrected chi connectivity index (χ0v) is 13.0. The van der Waals surface area contributed by atoms with Gasteiger partial charge in [-0.25, -0.2) is 4.98 Å². The summed E-state index contributed by atoms with van der Waals surface area (Å²) in [5, 5.41) is 3.55. The summed E-state index contributed by atoms with van der Waals surface area (Å²) in [4.78, 5) is 16.1. The third-order valence-electron chi connectivity index (χ3n) is 2.49. The van der Waals surface area contributed by atoms with Crippen LogP contribution in [0.3, 0.4) is 0 Å². The maximum absolute atomic E-state index is 12.2. The Kier molecular flexibility index (Phi) is 4.45. The van der Waals surface area contributed by atoms with Crippen molar-refractivity contribution in [1.82, 2.24) is 4.98 Å². The van der Waals surface area contributed by atoms with E-state index in [-0.39, 0.29) is 11.1 Å². The second-order valence-electron chi connectivity index (χ2n) is 3.91. The lowest BCUT2D eigenvalue weighted by molar-refractivity contribution is 0.102. The Morgan fingerprint density at radius 1 is 1.32 bits per heavy atom. The van der Waals surface area contributed by atoms with Gasteiger partial charge in [0.25, 0.3) is 5.91 Å². The SMILES string of the molecule is Cc1cc(Cl)ccc1C(=O)Nc1cc(Br)cnc1Cl. The van der Waals surface area contributed by atoms with Crippen molar-refractivity contribution in [2.45, 2.75) is 6.92 Å². The number of nitrogens with zero attached hydrogens (tertiary/aromatic N) is 1. The summed E-state index contributed by atoms with van der Waals surface area (Å²) in [5.74, 6) is -0.254. The normalized spacial score (nSPS) is 10.3. The molecule has 0 saturated carbocycles. The van der Waals surface area contributed by atoms with Gasteiger partial charge in [0, 0.05) is 21.3 Å². The molecule has 2 aromatic rings. The van der Waals surface area contributed by atoms with Crippen molar-refractivity contribution in [3.63, 3.8) is 0 Å². The van der Waals surface area contributed by atoms with E-state index in [0.717, 1.165) is 10.0 Å². The number of pyridine rings is 1. The van der Waals surface area contributed by atoms with Crippen LogP contribution in [0, 0.1) is 6.92 Å². The van der Waals surface area contributed by atoms with Gasteiger partial charge in [-0.2, -0.15) is 0 Å². The molecule has 0 radical (unpaired) electrons. The molecule has 0 aliphatic rings. The van der Waals surface area contributed by atoms with E-state index in [1.54, 1.807) is 30.5 Å². The van der Waals surface area contributed by atoms with Gasteiger partial charge >= 0.3 is 0 Å². The number of halogens is 3. The van der Waals surface area contributed by atoms with E-state index < -0.39 is 0 Å². The van der Waals surface area contributed by atoms with Crippen LogP contribution in [0.2, 0.25) is 10.2 Å². The largest absolute Gasteiger partial charge is 0.319 e. The number of hydrogen-bond donors (Lipinski definition) is 1. The minimum Gasteiger partial charge on any atom is -0.319 e. The lowest BCUT2D eigenvalue weighted by Gasteiger charge is -2.09. The Labute approximate surface area is 129 Å². The highest BCUT2D eigenvalue weighted by molar-refractivity contribution is 9.10. The first-order valence-electron chi connectivity index (χ1n) is 5.36. The summed E-state index contributed by atoms with van der Waals surface area (Å²) in [6.07, 6.45) is 1.56. The third kappa shape index (κ3) is 3.47. The average Bonchev–Trinajstić information content (AvgIpc) is 2.33. The van der Waals surface area contributed by atoms with E-state index in [1.165, 1.54) is 0 Å². The van der Waals surface area contributed by atoms with Gasteiger partial charge in [0.05, 0.1) is 5.69 Å². The smallest absolute Gasteiger partial charge is 0.256 e. The minimum absolute atomic E-state index is 0.239. The van der Waals surface area contributed by atoms with Crippen molar-refractivity contribution in [1.29, 1.82) is 0 Å². The molecule has 19 heavy (non-hydrogen) atoms. The van der Waals surface area contributed by atoms with E-state index in [4.69, 9.17) is 23.2 Å². The number of hydrogen-bond acceptors (Lipinski definition) is 2. The Balaban J connectivity index is 2.28. The summed E-state index contributed by atoms with van der Waals surface area (Å²) in [5.41, 5.74) is 1.79. The summed E-state index contributed by atoms with van der Waals surface area (Å²) >= 11 is 15.1. The van der Waals surface area contributed by atoms with Crippen LogP contribution in [0.25, 0.3) is 0 Å². The van der Waals surface area contributed by atoms with E-state index in [2.05, 4.69) is 26.2 Å². The number of aromatic nitrogens is 1. The van der Waals surface area contributed by atoms with Crippen LogP contribution in [0.4, 0.5) is 5.69 Å². The zero-order valence-electron chi connectivity index (χ0n) is 9.88. The standard InChI is InChI=1S/C13H9BrCl2N2O/c1-7-4-9(15)2-3-10(7)13(19)18-11-5-8(14)6-17-12(11)16/h2-6H,1H3,(H,18,19). The van der Waals surface area contributed by atoms with Gasteiger partial charge in [0.1, 0.15) is 0 Å². The maximum Gasteiger partial charge on any atom is 0.256 e. The fourth-order valence-electron chi connectivity index (χ4n) is 1.58. The first kappa shape index (κ1) is 14.3.